The summed E-state index contributed by atoms with van der Waals surface area (Å²) < 4.78 is 6.25. The van der Waals surface area contributed by atoms with Gasteiger partial charge in [-0.25, -0.2) is 9.48 Å². The summed E-state index contributed by atoms with van der Waals surface area (Å²) in [7, 11) is 1.29. The van der Waals surface area contributed by atoms with Gasteiger partial charge in [0.15, 0.2) is 5.69 Å². The summed E-state index contributed by atoms with van der Waals surface area (Å²) >= 11 is 0. The second-order valence-corrected chi connectivity index (χ2v) is 4.39. The second kappa shape index (κ2) is 5.24. The molecule has 0 atom stereocenters. The minimum absolute atomic E-state index is 0.144. The number of methoxy groups -OCH3 is 1. The summed E-state index contributed by atoms with van der Waals surface area (Å²) in [4.78, 5) is 11.6. The van der Waals surface area contributed by atoms with Crippen molar-refractivity contribution in [2.45, 2.75) is 20.5 Å². The molecule has 19 heavy (non-hydrogen) atoms. The van der Waals surface area contributed by atoms with Gasteiger partial charge in [0.1, 0.15) is 0 Å². The summed E-state index contributed by atoms with van der Waals surface area (Å²) in [5, 5.41) is 13.5. The fourth-order valence-corrected chi connectivity index (χ4v) is 1.88. The largest absolute Gasteiger partial charge is 0.464 e. The number of hydrogen-bond acceptors (Lipinski definition) is 4. The molecule has 1 heterocycles. The minimum Gasteiger partial charge on any atom is -0.464 e. The van der Waals surface area contributed by atoms with Crippen LogP contribution in [0.15, 0.2) is 24.4 Å². The molecule has 0 unspecified atom stereocenters. The molecule has 0 saturated heterocycles. The lowest BCUT2D eigenvalue weighted by atomic mass is 10.1. The smallest absolute Gasteiger partial charge is 0.358 e. The molecule has 5 nitrogen and oxygen atoms in total. The molecule has 0 bridgehead atoms. The molecule has 1 aromatic carbocycles. The maximum Gasteiger partial charge on any atom is 0.358 e. The quantitative estimate of drug-likeness (QED) is 0.854. The number of aliphatic hydroxyl groups is 1. The highest BCUT2D eigenvalue weighted by Gasteiger charge is 2.17. The predicted octanol–water partition coefficient (Wildman–Crippen LogP) is 1.77. The molecule has 0 fully saturated rings. The third-order valence-corrected chi connectivity index (χ3v) is 2.95. The summed E-state index contributed by atoms with van der Waals surface area (Å²) in [5.74, 6) is -0.548. The first-order chi connectivity index (χ1) is 9.06. The molecular weight excluding hydrogens is 244 g/mol. The summed E-state index contributed by atoms with van der Waals surface area (Å²) in [6, 6.07) is 5.98. The molecule has 1 aromatic heterocycles. The molecule has 0 aliphatic carbocycles. The predicted molar refractivity (Wildman–Crippen MR) is 70.3 cm³/mol. The summed E-state index contributed by atoms with van der Waals surface area (Å²) in [6.07, 6.45) is 1.65. The van der Waals surface area contributed by atoms with Crippen molar-refractivity contribution in [1.82, 2.24) is 9.78 Å². The van der Waals surface area contributed by atoms with E-state index in [-0.39, 0.29) is 12.3 Å². The Balaban J connectivity index is 2.54. The van der Waals surface area contributed by atoms with Crippen molar-refractivity contribution >= 4 is 5.97 Å². The van der Waals surface area contributed by atoms with Gasteiger partial charge in [0, 0.05) is 11.8 Å². The number of aromatic nitrogens is 2. The number of esters is 1. The third-order valence-electron chi connectivity index (χ3n) is 2.95. The normalized spacial score (nSPS) is 10.5. The van der Waals surface area contributed by atoms with E-state index in [0.29, 0.717) is 5.56 Å². The summed E-state index contributed by atoms with van der Waals surface area (Å²) in [6.45, 7) is 3.70. The standard InChI is InChI=1S/C14H16N2O3/c1-9-4-5-10(2)12(6-9)16-7-11(8-17)13(15-16)14(18)19-3/h4-7,17H,8H2,1-3H3. The Hall–Kier alpha value is -2.14. The fourth-order valence-electron chi connectivity index (χ4n) is 1.88. The van der Waals surface area contributed by atoms with E-state index in [0.717, 1.165) is 16.8 Å². The SMILES string of the molecule is COC(=O)c1nn(-c2cc(C)ccc2C)cc1CO. The Morgan fingerprint density at radius 2 is 2.16 bits per heavy atom. The molecule has 2 rings (SSSR count). The van der Waals surface area contributed by atoms with Crippen LogP contribution >= 0.6 is 0 Å². The van der Waals surface area contributed by atoms with Crippen LogP contribution in [-0.4, -0.2) is 28.0 Å². The zero-order valence-electron chi connectivity index (χ0n) is 11.2. The van der Waals surface area contributed by atoms with Gasteiger partial charge in [-0.15, -0.1) is 0 Å². The summed E-state index contributed by atoms with van der Waals surface area (Å²) in [5.41, 5.74) is 3.61. The van der Waals surface area contributed by atoms with Crippen molar-refractivity contribution in [1.29, 1.82) is 0 Å². The lowest BCUT2D eigenvalue weighted by molar-refractivity contribution is 0.0590. The average molecular weight is 260 g/mol. The Morgan fingerprint density at radius 1 is 1.42 bits per heavy atom. The Morgan fingerprint density at radius 3 is 2.79 bits per heavy atom. The van der Waals surface area contributed by atoms with E-state index < -0.39 is 5.97 Å². The van der Waals surface area contributed by atoms with E-state index in [2.05, 4.69) is 9.84 Å². The number of aryl methyl sites for hydroxylation is 2. The fraction of sp³-hybridized carbons (Fsp3) is 0.286. The Bertz CT molecular complexity index is 617. The zero-order chi connectivity index (χ0) is 14.0. The number of benzene rings is 1. The van der Waals surface area contributed by atoms with Gasteiger partial charge in [-0.3, -0.25) is 0 Å². The highest BCUT2D eigenvalue weighted by atomic mass is 16.5. The van der Waals surface area contributed by atoms with Gasteiger partial charge >= 0.3 is 5.97 Å². The maximum atomic E-state index is 11.6. The number of ether oxygens (including phenoxy) is 1. The number of aliphatic hydroxyl groups excluding tert-OH is 1. The van der Waals surface area contributed by atoms with Gasteiger partial charge in [-0.2, -0.15) is 5.10 Å². The van der Waals surface area contributed by atoms with Crippen molar-refractivity contribution < 1.29 is 14.6 Å². The van der Waals surface area contributed by atoms with E-state index in [1.165, 1.54) is 7.11 Å². The van der Waals surface area contributed by atoms with E-state index in [4.69, 9.17) is 0 Å². The first-order valence-corrected chi connectivity index (χ1v) is 5.92. The molecule has 0 spiro atoms. The van der Waals surface area contributed by atoms with Gasteiger partial charge < -0.3 is 9.84 Å². The van der Waals surface area contributed by atoms with Crippen LogP contribution in [0.3, 0.4) is 0 Å². The van der Waals surface area contributed by atoms with Gasteiger partial charge in [0.25, 0.3) is 0 Å². The molecule has 0 amide bonds. The van der Waals surface area contributed by atoms with Gasteiger partial charge in [0.2, 0.25) is 0 Å². The van der Waals surface area contributed by atoms with Crippen molar-refractivity contribution in [2.24, 2.45) is 0 Å². The number of rotatable bonds is 3. The van der Waals surface area contributed by atoms with Crippen molar-refractivity contribution in [3.8, 4) is 5.69 Å². The van der Waals surface area contributed by atoms with Crippen molar-refractivity contribution in [3.63, 3.8) is 0 Å². The second-order valence-electron chi connectivity index (χ2n) is 4.39. The monoisotopic (exact) mass is 260 g/mol. The Kier molecular flexibility index (Phi) is 3.66. The zero-order valence-corrected chi connectivity index (χ0v) is 11.2. The lowest BCUT2D eigenvalue weighted by Crippen LogP contribution is -2.06. The molecule has 0 aliphatic rings. The first kappa shape index (κ1) is 13.3. The van der Waals surface area contributed by atoms with Gasteiger partial charge in [-0.05, 0) is 31.0 Å². The molecule has 2 aromatic rings. The highest BCUT2D eigenvalue weighted by Crippen LogP contribution is 2.18. The van der Waals surface area contributed by atoms with E-state index in [1.807, 2.05) is 32.0 Å². The number of nitrogens with zero attached hydrogens (tertiary/aromatic N) is 2. The highest BCUT2D eigenvalue weighted by molar-refractivity contribution is 5.88. The number of carbonyl (C=O) groups is 1. The van der Waals surface area contributed by atoms with Crippen LogP contribution in [0.5, 0.6) is 0 Å². The molecule has 0 aliphatic heterocycles. The molecular formula is C14H16N2O3. The van der Waals surface area contributed by atoms with E-state index in [9.17, 15) is 9.90 Å². The molecule has 0 saturated carbocycles. The van der Waals surface area contributed by atoms with Crippen LogP contribution in [0.25, 0.3) is 5.69 Å². The van der Waals surface area contributed by atoms with Crippen LogP contribution in [0.1, 0.15) is 27.2 Å². The topological polar surface area (TPSA) is 64.3 Å². The number of hydrogen-bond donors (Lipinski definition) is 1. The van der Waals surface area contributed by atoms with Crippen LogP contribution in [0.2, 0.25) is 0 Å². The molecule has 5 heteroatoms. The Labute approximate surface area is 111 Å². The van der Waals surface area contributed by atoms with Crippen molar-refractivity contribution in [3.05, 3.63) is 46.8 Å². The first-order valence-electron chi connectivity index (χ1n) is 5.92. The maximum absolute atomic E-state index is 11.6. The van der Waals surface area contributed by atoms with Crippen molar-refractivity contribution in [2.75, 3.05) is 7.11 Å². The average Bonchev–Trinajstić information content (AvgIpc) is 2.84. The van der Waals surface area contributed by atoms with E-state index in [1.54, 1.807) is 10.9 Å². The van der Waals surface area contributed by atoms with Gasteiger partial charge in [-0.1, -0.05) is 12.1 Å². The molecule has 0 radical (unpaired) electrons. The number of carbonyl (C=O) groups excluding carboxylic acids is 1. The lowest BCUT2D eigenvalue weighted by Gasteiger charge is -2.06. The van der Waals surface area contributed by atoms with E-state index >= 15 is 0 Å². The van der Waals surface area contributed by atoms with Gasteiger partial charge in [0.05, 0.1) is 19.4 Å². The minimum atomic E-state index is -0.548. The van der Waals surface area contributed by atoms with Crippen LogP contribution < -0.4 is 0 Å². The molecule has 1 N–H and O–H groups in total. The molecule has 100 valence electrons. The van der Waals surface area contributed by atoms with Crippen LogP contribution in [0.4, 0.5) is 0 Å². The third kappa shape index (κ3) is 2.51. The van der Waals surface area contributed by atoms with Crippen LogP contribution in [-0.2, 0) is 11.3 Å². The van der Waals surface area contributed by atoms with Crippen LogP contribution in [0, 0.1) is 13.8 Å².